The lowest BCUT2D eigenvalue weighted by Crippen LogP contribution is -2.41. The van der Waals surface area contributed by atoms with Crippen molar-refractivity contribution in [2.24, 2.45) is 0 Å². The highest BCUT2D eigenvalue weighted by Crippen LogP contribution is 2.24. The number of aliphatic hydroxyl groups excluding tert-OH is 1. The van der Waals surface area contributed by atoms with E-state index < -0.39 is 17.9 Å². The Bertz CT molecular complexity index is 1220. The molecular weight excluding hydrogens is 489 g/mol. The maximum Gasteiger partial charge on any atom is 0.328 e. The van der Waals surface area contributed by atoms with Crippen LogP contribution in [0.1, 0.15) is 39.3 Å². The Hall–Kier alpha value is -3.13. The number of nitrogens with zero attached hydrogens (tertiary/aromatic N) is 2. The highest BCUT2D eigenvalue weighted by Gasteiger charge is 2.23. The molecule has 1 amide bonds. The van der Waals surface area contributed by atoms with E-state index in [4.69, 9.17) is 27.9 Å². The van der Waals surface area contributed by atoms with Crippen LogP contribution in [0.25, 0.3) is 11.8 Å². The largest absolute Gasteiger partial charge is 0.467 e. The molecule has 0 saturated heterocycles. The summed E-state index contributed by atoms with van der Waals surface area (Å²) < 4.78 is 6.70. The molecule has 9 heteroatoms. The lowest BCUT2D eigenvalue weighted by Gasteiger charge is -2.16. The number of benzene rings is 2. The molecule has 7 nitrogen and oxygen atoms in total. The van der Waals surface area contributed by atoms with Gasteiger partial charge in [0.25, 0.3) is 5.91 Å². The molecule has 1 heterocycles. The number of methoxy groups -OCH3 is 1. The first-order valence-electron chi connectivity index (χ1n) is 11.0. The molecule has 0 spiro atoms. The average molecular weight is 516 g/mol. The molecule has 0 bridgehead atoms. The van der Waals surface area contributed by atoms with Gasteiger partial charge in [-0.15, -0.1) is 0 Å². The molecule has 184 valence electrons. The summed E-state index contributed by atoms with van der Waals surface area (Å²) in [6.45, 7) is 3.99. The molecule has 0 radical (unpaired) electrons. The number of esters is 1. The van der Waals surface area contributed by atoms with Crippen LogP contribution < -0.4 is 5.32 Å². The third-order valence-electron chi connectivity index (χ3n) is 5.60. The second-order valence-electron chi connectivity index (χ2n) is 7.91. The molecule has 3 rings (SSSR count). The van der Waals surface area contributed by atoms with Crippen LogP contribution in [0.2, 0.25) is 10.0 Å². The number of rotatable bonds is 9. The van der Waals surface area contributed by atoms with Gasteiger partial charge >= 0.3 is 5.97 Å². The fourth-order valence-electron chi connectivity index (χ4n) is 3.77. The quantitative estimate of drug-likeness (QED) is 0.402. The van der Waals surface area contributed by atoms with E-state index in [1.165, 1.54) is 7.11 Å². The zero-order valence-electron chi connectivity index (χ0n) is 19.7. The Morgan fingerprint density at radius 1 is 1.14 bits per heavy atom. The number of amides is 1. The molecule has 0 aliphatic heterocycles. The number of ether oxygens (including phenoxy) is 1. The number of aryl methyl sites for hydroxylation is 1. The predicted molar refractivity (Wildman–Crippen MR) is 137 cm³/mol. The van der Waals surface area contributed by atoms with Gasteiger partial charge in [-0.05, 0) is 62.1 Å². The van der Waals surface area contributed by atoms with Gasteiger partial charge in [0.2, 0.25) is 0 Å². The van der Waals surface area contributed by atoms with Gasteiger partial charge in [-0.2, -0.15) is 5.10 Å². The zero-order valence-corrected chi connectivity index (χ0v) is 21.2. The van der Waals surface area contributed by atoms with Gasteiger partial charge in [0, 0.05) is 12.3 Å². The maximum atomic E-state index is 12.7. The first kappa shape index (κ1) is 26.5. The summed E-state index contributed by atoms with van der Waals surface area (Å²) >= 11 is 12.2. The smallest absolute Gasteiger partial charge is 0.328 e. The number of aliphatic hydroxyl groups is 1. The van der Waals surface area contributed by atoms with Crippen LogP contribution in [0.5, 0.6) is 0 Å². The van der Waals surface area contributed by atoms with Crippen LogP contribution >= 0.6 is 23.2 Å². The minimum absolute atomic E-state index is 0.0789. The summed E-state index contributed by atoms with van der Waals surface area (Å²) in [6.07, 6.45) is 4.42. The molecule has 1 atom stereocenters. The van der Waals surface area contributed by atoms with E-state index in [2.05, 4.69) is 10.4 Å². The summed E-state index contributed by atoms with van der Waals surface area (Å²) in [4.78, 5) is 24.9. The normalized spacial score (nSPS) is 12.1. The van der Waals surface area contributed by atoms with Crippen LogP contribution in [-0.4, -0.2) is 46.5 Å². The molecule has 0 fully saturated rings. The first-order valence-corrected chi connectivity index (χ1v) is 11.8. The zero-order chi connectivity index (χ0) is 25.5. The van der Waals surface area contributed by atoms with Crippen molar-refractivity contribution >= 4 is 41.2 Å². The number of halogens is 2. The van der Waals surface area contributed by atoms with Crippen LogP contribution in [0.4, 0.5) is 0 Å². The van der Waals surface area contributed by atoms with Crippen LogP contribution in [0.15, 0.2) is 48.5 Å². The maximum absolute atomic E-state index is 12.7. The van der Waals surface area contributed by atoms with Crippen molar-refractivity contribution in [3.63, 3.8) is 0 Å². The molecule has 0 saturated carbocycles. The number of carbonyl (C=O) groups is 2. The van der Waals surface area contributed by atoms with E-state index in [0.717, 1.165) is 28.2 Å². The first-order chi connectivity index (χ1) is 16.8. The highest BCUT2D eigenvalue weighted by atomic mass is 35.5. The van der Waals surface area contributed by atoms with Crippen LogP contribution in [0.3, 0.4) is 0 Å². The number of aromatic nitrogens is 2. The standard InChI is InChI=1S/C26H27Cl2N3O4/c1-16-20(14-15-32)17(2)31(30-16)19-12-10-18(11-13-19)6-4-9-23(26(34)35-3)29-25(33)24-21(27)7-5-8-22(24)28/h4-8,10-13,23,32H,9,14-15H2,1-3H3,(H,29,33)/b6-4+. The predicted octanol–water partition coefficient (Wildman–Crippen LogP) is 4.71. The number of nitrogens with one attached hydrogen (secondary N) is 1. The van der Waals surface area contributed by atoms with Crippen molar-refractivity contribution < 1.29 is 19.4 Å². The van der Waals surface area contributed by atoms with Gasteiger partial charge < -0.3 is 15.2 Å². The second-order valence-corrected chi connectivity index (χ2v) is 8.72. The number of hydrogen-bond donors (Lipinski definition) is 2. The molecule has 1 aromatic heterocycles. The van der Waals surface area contributed by atoms with Gasteiger partial charge in [-0.3, -0.25) is 4.79 Å². The van der Waals surface area contributed by atoms with Crippen molar-refractivity contribution in [1.82, 2.24) is 15.1 Å². The average Bonchev–Trinajstić information content (AvgIpc) is 3.12. The fourth-order valence-corrected chi connectivity index (χ4v) is 4.34. The lowest BCUT2D eigenvalue weighted by molar-refractivity contribution is -0.142. The molecule has 2 N–H and O–H groups in total. The van der Waals surface area contributed by atoms with Crippen molar-refractivity contribution in [2.75, 3.05) is 13.7 Å². The highest BCUT2D eigenvalue weighted by molar-refractivity contribution is 6.39. The van der Waals surface area contributed by atoms with E-state index in [1.54, 1.807) is 24.3 Å². The monoisotopic (exact) mass is 515 g/mol. The molecule has 1 unspecified atom stereocenters. The Balaban J connectivity index is 1.71. The minimum atomic E-state index is -0.907. The van der Waals surface area contributed by atoms with E-state index in [0.29, 0.717) is 6.42 Å². The molecule has 3 aromatic rings. The van der Waals surface area contributed by atoms with Gasteiger partial charge in [0.15, 0.2) is 0 Å². The van der Waals surface area contributed by atoms with E-state index >= 15 is 0 Å². The second kappa shape index (κ2) is 12.0. The Labute approximate surface area is 214 Å². The molecule has 0 aliphatic carbocycles. The summed E-state index contributed by atoms with van der Waals surface area (Å²) in [5.41, 5.74) is 4.86. The van der Waals surface area contributed by atoms with Gasteiger partial charge in [-0.1, -0.05) is 53.6 Å². The minimum Gasteiger partial charge on any atom is -0.467 e. The third-order valence-corrected chi connectivity index (χ3v) is 6.23. The number of hydrogen-bond acceptors (Lipinski definition) is 5. The summed E-state index contributed by atoms with van der Waals surface area (Å²) in [7, 11) is 1.26. The third kappa shape index (κ3) is 6.31. The van der Waals surface area contributed by atoms with Crippen molar-refractivity contribution in [3.05, 3.63) is 86.7 Å². The van der Waals surface area contributed by atoms with E-state index in [9.17, 15) is 14.7 Å². The summed E-state index contributed by atoms with van der Waals surface area (Å²) in [5, 5.41) is 16.9. The fraction of sp³-hybridized carbons (Fsp3) is 0.269. The molecule has 2 aromatic carbocycles. The SMILES string of the molecule is COC(=O)C(C/C=C/c1ccc(-n2nc(C)c(CCO)c2C)cc1)NC(=O)c1c(Cl)cccc1Cl. The lowest BCUT2D eigenvalue weighted by atomic mass is 10.1. The summed E-state index contributed by atoms with van der Waals surface area (Å²) in [6, 6.07) is 11.6. The molecule has 0 aliphatic rings. The van der Waals surface area contributed by atoms with E-state index in [1.807, 2.05) is 48.9 Å². The van der Waals surface area contributed by atoms with E-state index in [-0.39, 0.29) is 28.6 Å². The van der Waals surface area contributed by atoms with Gasteiger partial charge in [0.05, 0.1) is 34.1 Å². The molecule has 35 heavy (non-hydrogen) atoms. The summed E-state index contributed by atoms with van der Waals surface area (Å²) in [5.74, 6) is -1.14. The topological polar surface area (TPSA) is 93.5 Å². The Morgan fingerprint density at radius 2 is 1.80 bits per heavy atom. The van der Waals surface area contributed by atoms with Crippen molar-refractivity contribution in [2.45, 2.75) is 32.7 Å². The van der Waals surface area contributed by atoms with Crippen LogP contribution in [0, 0.1) is 13.8 Å². The van der Waals surface area contributed by atoms with Crippen LogP contribution in [-0.2, 0) is 16.0 Å². The van der Waals surface area contributed by atoms with Crippen molar-refractivity contribution in [1.29, 1.82) is 0 Å². The van der Waals surface area contributed by atoms with Gasteiger partial charge in [0.1, 0.15) is 6.04 Å². The molecular formula is C26H27Cl2N3O4. The van der Waals surface area contributed by atoms with Gasteiger partial charge in [-0.25, -0.2) is 9.48 Å². The van der Waals surface area contributed by atoms with Crippen molar-refractivity contribution in [3.8, 4) is 5.69 Å². The Kier molecular flexibility index (Phi) is 9.09. The Morgan fingerprint density at radius 3 is 2.40 bits per heavy atom. The number of carbonyl (C=O) groups excluding carboxylic acids is 2.